The molecule has 0 fully saturated rings. The van der Waals surface area contributed by atoms with Gasteiger partial charge in [0.05, 0.1) is 0 Å². The van der Waals surface area contributed by atoms with Crippen molar-refractivity contribution in [2.75, 3.05) is 20.7 Å². The first-order chi connectivity index (χ1) is 5.18. The van der Waals surface area contributed by atoms with Crippen molar-refractivity contribution >= 4 is 6.03 Å². The lowest BCUT2D eigenvalue weighted by Crippen LogP contribution is -2.30. The van der Waals surface area contributed by atoms with Gasteiger partial charge in [-0.15, -0.1) is 0 Å². The number of carbonyl (C=O) groups is 1. The van der Waals surface area contributed by atoms with Gasteiger partial charge in [0.15, 0.2) is 0 Å². The molecule has 0 aromatic rings. The number of aliphatic hydroxyl groups is 1. The summed E-state index contributed by atoms with van der Waals surface area (Å²) >= 11 is 0. The van der Waals surface area contributed by atoms with E-state index in [4.69, 9.17) is 5.11 Å². The summed E-state index contributed by atoms with van der Waals surface area (Å²) in [4.78, 5) is 12.2. The number of hydrogen-bond donors (Lipinski definition) is 2. The Hall–Kier alpha value is -1.03. The van der Waals surface area contributed by atoms with Crippen molar-refractivity contribution in [1.82, 2.24) is 10.2 Å². The molecule has 0 aromatic carbocycles. The van der Waals surface area contributed by atoms with Crippen molar-refractivity contribution in [1.29, 1.82) is 0 Å². The maximum absolute atomic E-state index is 10.8. The maximum Gasteiger partial charge on any atom is 0.320 e. The third kappa shape index (κ3) is 5.42. The summed E-state index contributed by atoms with van der Waals surface area (Å²) in [6, 6.07) is -0.167. The van der Waals surface area contributed by atoms with E-state index in [2.05, 4.69) is 5.32 Å². The van der Waals surface area contributed by atoms with E-state index in [0.29, 0.717) is 6.42 Å². The molecule has 0 atom stereocenters. The van der Waals surface area contributed by atoms with Gasteiger partial charge in [-0.3, -0.25) is 0 Å². The van der Waals surface area contributed by atoms with Gasteiger partial charge in [-0.05, 0) is 6.42 Å². The van der Waals surface area contributed by atoms with Gasteiger partial charge in [-0.25, -0.2) is 4.79 Å². The summed E-state index contributed by atoms with van der Waals surface area (Å²) in [6.07, 6.45) is 3.79. The Balaban J connectivity index is 3.45. The lowest BCUT2D eigenvalue weighted by atomic mass is 10.4. The molecule has 0 aromatic heterocycles. The van der Waals surface area contributed by atoms with Crippen molar-refractivity contribution in [3.8, 4) is 0 Å². The highest BCUT2D eigenvalue weighted by Gasteiger charge is 1.96. The monoisotopic (exact) mass is 158 g/mol. The largest absolute Gasteiger partial charge is 0.396 e. The summed E-state index contributed by atoms with van der Waals surface area (Å²) in [7, 11) is 3.32. The fourth-order valence-corrected chi connectivity index (χ4v) is 0.417. The minimum absolute atomic E-state index is 0.105. The van der Waals surface area contributed by atoms with Crippen LogP contribution in [0, 0.1) is 0 Å². The van der Waals surface area contributed by atoms with Crippen LogP contribution in [-0.2, 0) is 0 Å². The molecule has 4 heteroatoms. The predicted octanol–water partition coefficient (Wildman–Crippen LogP) is 0.154. The van der Waals surface area contributed by atoms with Crippen molar-refractivity contribution in [2.24, 2.45) is 0 Å². The number of aliphatic hydroxyl groups excluding tert-OH is 1. The first-order valence-electron chi connectivity index (χ1n) is 3.42. The van der Waals surface area contributed by atoms with Crippen LogP contribution in [0.3, 0.4) is 0 Å². The Morgan fingerprint density at radius 2 is 2.27 bits per heavy atom. The topological polar surface area (TPSA) is 52.6 Å². The summed E-state index contributed by atoms with van der Waals surface area (Å²) in [5, 5.41) is 10.9. The summed E-state index contributed by atoms with van der Waals surface area (Å²) in [5.74, 6) is 0. The number of urea groups is 1. The minimum Gasteiger partial charge on any atom is -0.396 e. The minimum atomic E-state index is -0.167. The number of hydrogen-bond acceptors (Lipinski definition) is 2. The molecule has 0 aliphatic carbocycles. The molecule has 0 saturated heterocycles. The molecule has 0 saturated carbocycles. The molecule has 2 N–H and O–H groups in total. The second-order valence-electron chi connectivity index (χ2n) is 2.26. The Morgan fingerprint density at radius 3 is 2.73 bits per heavy atom. The lowest BCUT2D eigenvalue weighted by Gasteiger charge is -2.08. The van der Waals surface area contributed by atoms with Gasteiger partial charge in [0.1, 0.15) is 0 Å². The van der Waals surface area contributed by atoms with E-state index in [-0.39, 0.29) is 12.6 Å². The standard InChI is InChI=1S/C7H14N2O2/c1-9(2)7(11)8-5-3-4-6-10/h3,5,10H,4,6H2,1-2H3,(H,8,11). The molecule has 64 valence electrons. The molecule has 0 aliphatic heterocycles. The van der Waals surface area contributed by atoms with Gasteiger partial charge in [-0.2, -0.15) is 0 Å². The van der Waals surface area contributed by atoms with E-state index in [1.165, 1.54) is 11.1 Å². The fourth-order valence-electron chi connectivity index (χ4n) is 0.417. The molecule has 0 aliphatic rings. The molecule has 0 spiro atoms. The van der Waals surface area contributed by atoms with Crippen LogP contribution in [0.15, 0.2) is 12.3 Å². The number of nitrogens with one attached hydrogen (secondary N) is 1. The second kappa shape index (κ2) is 5.73. The molecule has 0 bridgehead atoms. The van der Waals surface area contributed by atoms with Crippen molar-refractivity contribution in [3.05, 3.63) is 12.3 Å². The lowest BCUT2D eigenvalue weighted by molar-refractivity contribution is 0.221. The van der Waals surface area contributed by atoms with Crippen molar-refractivity contribution in [3.63, 3.8) is 0 Å². The van der Waals surface area contributed by atoms with Gasteiger partial charge in [-0.1, -0.05) is 6.08 Å². The van der Waals surface area contributed by atoms with Gasteiger partial charge < -0.3 is 15.3 Å². The third-order valence-corrected chi connectivity index (χ3v) is 1.03. The van der Waals surface area contributed by atoms with Gasteiger partial charge in [0.25, 0.3) is 0 Å². The fraction of sp³-hybridized carbons (Fsp3) is 0.571. The smallest absolute Gasteiger partial charge is 0.320 e. The number of carbonyl (C=O) groups excluding carboxylic acids is 1. The zero-order valence-corrected chi connectivity index (χ0v) is 6.87. The quantitative estimate of drug-likeness (QED) is 0.614. The SMILES string of the molecule is CN(C)C(=O)NC=CCCO. The highest BCUT2D eigenvalue weighted by Crippen LogP contribution is 1.80. The second-order valence-corrected chi connectivity index (χ2v) is 2.26. The van der Waals surface area contributed by atoms with Crippen LogP contribution in [-0.4, -0.2) is 36.7 Å². The normalized spacial score (nSPS) is 10.1. The Bertz CT molecular complexity index is 143. The molecule has 4 nitrogen and oxygen atoms in total. The van der Waals surface area contributed by atoms with E-state index in [1.807, 2.05) is 0 Å². The van der Waals surface area contributed by atoms with E-state index in [1.54, 1.807) is 20.2 Å². The molecule has 0 rings (SSSR count). The Morgan fingerprint density at radius 1 is 1.64 bits per heavy atom. The van der Waals surface area contributed by atoms with Crippen LogP contribution in [0.1, 0.15) is 6.42 Å². The summed E-state index contributed by atoms with van der Waals surface area (Å²) in [6.45, 7) is 0.105. The van der Waals surface area contributed by atoms with E-state index in [9.17, 15) is 4.79 Å². The van der Waals surface area contributed by atoms with Crippen LogP contribution in [0.2, 0.25) is 0 Å². The predicted molar refractivity (Wildman–Crippen MR) is 43.1 cm³/mol. The average molecular weight is 158 g/mol. The molecule has 11 heavy (non-hydrogen) atoms. The molecule has 0 radical (unpaired) electrons. The molecular formula is C7H14N2O2. The summed E-state index contributed by atoms with van der Waals surface area (Å²) < 4.78 is 0. The molecule has 2 amide bonds. The average Bonchev–Trinajstić information content (AvgIpc) is 1.97. The first kappa shape index (κ1) is 9.97. The van der Waals surface area contributed by atoms with E-state index in [0.717, 1.165) is 0 Å². The van der Waals surface area contributed by atoms with Crippen LogP contribution >= 0.6 is 0 Å². The number of nitrogens with zero attached hydrogens (tertiary/aromatic N) is 1. The summed E-state index contributed by atoms with van der Waals surface area (Å²) in [5.41, 5.74) is 0. The Labute approximate surface area is 66.5 Å². The van der Waals surface area contributed by atoms with Gasteiger partial charge in [0.2, 0.25) is 0 Å². The number of amides is 2. The van der Waals surface area contributed by atoms with E-state index >= 15 is 0 Å². The molecular weight excluding hydrogens is 144 g/mol. The van der Waals surface area contributed by atoms with Crippen LogP contribution in [0.5, 0.6) is 0 Å². The van der Waals surface area contributed by atoms with Gasteiger partial charge >= 0.3 is 6.03 Å². The van der Waals surface area contributed by atoms with Gasteiger partial charge in [0, 0.05) is 26.9 Å². The number of rotatable bonds is 3. The van der Waals surface area contributed by atoms with Crippen LogP contribution in [0.25, 0.3) is 0 Å². The third-order valence-electron chi connectivity index (χ3n) is 1.03. The maximum atomic E-state index is 10.8. The molecule has 0 heterocycles. The zero-order chi connectivity index (χ0) is 8.69. The van der Waals surface area contributed by atoms with Crippen molar-refractivity contribution in [2.45, 2.75) is 6.42 Å². The van der Waals surface area contributed by atoms with Crippen LogP contribution in [0.4, 0.5) is 4.79 Å². The zero-order valence-electron chi connectivity index (χ0n) is 6.87. The van der Waals surface area contributed by atoms with Crippen LogP contribution < -0.4 is 5.32 Å². The Kier molecular flexibility index (Phi) is 5.20. The highest BCUT2D eigenvalue weighted by atomic mass is 16.2. The highest BCUT2D eigenvalue weighted by molar-refractivity contribution is 5.74. The molecule has 0 unspecified atom stereocenters. The first-order valence-corrected chi connectivity index (χ1v) is 3.42. The van der Waals surface area contributed by atoms with Crippen molar-refractivity contribution < 1.29 is 9.90 Å². The van der Waals surface area contributed by atoms with E-state index < -0.39 is 0 Å².